The monoisotopic (exact) mass is 355 g/mol. The molecule has 0 aliphatic rings. The minimum Gasteiger partial charge on any atom is -0.460 e. The first kappa shape index (κ1) is 19.5. The van der Waals surface area contributed by atoms with E-state index in [0.717, 1.165) is 11.1 Å². The van der Waals surface area contributed by atoms with E-state index < -0.39 is 17.7 Å². The van der Waals surface area contributed by atoms with Crippen molar-refractivity contribution in [1.29, 1.82) is 0 Å². The summed E-state index contributed by atoms with van der Waals surface area (Å²) in [5, 5.41) is 2.76. The van der Waals surface area contributed by atoms with Crippen molar-refractivity contribution in [3.63, 3.8) is 0 Å². The number of alkyl carbamates (subject to hydrolysis) is 1. The van der Waals surface area contributed by atoms with Gasteiger partial charge in [-0.05, 0) is 31.9 Å². The van der Waals surface area contributed by atoms with Crippen LogP contribution in [-0.2, 0) is 20.9 Å². The zero-order chi connectivity index (χ0) is 19.0. The predicted molar refractivity (Wildman–Crippen MR) is 99.4 cm³/mol. The molecule has 0 radical (unpaired) electrons. The summed E-state index contributed by atoms with van der Waals surface area (Å²) in [6, 6.07) is 18.2. The summed E-state index contributed by atoms with van der Waals surface area (Å²) in [4.78, 5) is 24.4. The minimum absolute atomic E-state index is 0.0295. The van der Waals surface area contributed by atoms with Gasteiger partial charge in [-0.3, -0.25) is 4.79 Å². The van der Waals surface area contributed by atoms with Crippen LogP contribution >= 0.6 is 0 Å². The topological polar surface area (TPSA) is 64.6 Å². The van der Waals surface area contributed by atoms with Crippen molar-refractivity contribution in [2.24, 2.45) is 0 Å². The van der Waals surface area contributed by atoms with E-state index in [0.29, 0.717) is 0 Å². The predicted octanol–water partition coefficient (Wildman–Crippen LogP) is 4.39. The van der Waals surface area contributed by atoms with Crippen LogP contribution in [0.5, 0.6) is 0 Å². The van der Waals surface area contributed by atoms with Gasteiger partial charge in [0.2, 0.25) is 0 Å². The van der Waals surface area contributed by atoms with Gasteiger partial charge in [0.1, 0.15) is 12.2 Å². The number of benzene rings is 2. The highest BCUT2D eigenvalue weighted by Gasteiger charge is 2.23. The summed E-state index contributed by atoms with van der Waals surface area (Å²) in [7, 11) is 0. The molecular formula is C21H25NO4. The van der Waals surface area contributed by atoms with Crippen molar-refractivity contribution in [3.8, 4) is 0 Å². The quantitative estimate of drug-likeness (QED) is 0.781. The molecule has 0 heterocycles. The number of esters is 1. The average molecular weight is 355 g/mol. The molecule has 0 fully saturated rings. The zero-order valence-electron chi connectivity index (χ0n) is 15.4. The van der Waals surface area contributed by atoms with Gasteiger partial charge >= 0.3 is 12.1 Å². The van der Waals surface area contributed by atoms with Gasteiger partial charge in [0, 0.05) is 0 Å². The summed E-state index contributed by atoms with van der Waals surface area (Å²) in [6.45, 7) is 5.60. The fraction of sp³-hybridized carbons (Fsp3) is 0.333. The lowest BCUT2D eigenvalue weighted by molar-refractivity contribution is -0.155. The van der Waals surface area contributed by atoms with Gasteiger partial charge in [-0.15, -0.1) is 0 Å². The maximum Gasteiger partial charge on any atom is 0.407 e. The van der Waals surface area contributed by atoms with Crippen LogP contribution in [0.4, 0.5) is 4.79 Å². The van der Waals surface area contributed by atoms with Gasteiger partial charge in [-0.25, -0.2) is 4.79 Å². The van der Waals surface area contributed by atoms with Crippen LogP contribution in [0.15, 0.2) is 60.7 Å². The second-order valence-electron chi connectivity index (χ2n) is 6.96. The molecule has 2 rings (SSSR count). The second-order valence-corrected chi connectivity index (χ2v) is 6.96. The molecule has 0 aromatic heterocycles. The molecule has 0 aliphatic carbocycles. The van der Waals surface area contributed by atoms with Gasteiger partial charge in [0.25, 0.3) is 0 Å². The van der Waals surface area contributed by atoms with Gasteiger partial charge < -0.3 is 14.8 Å². The maximum atomic E-state index is 12.2. The fourth-order valence-corrected chi connectivity index (χ4v) is 2.39. The van der Waals surface area contributed by atoms with Crippen LogP contribution < -0.4 is 5.32 Å². The normalized spacial score (nSPS) is 12.1. The summed E-state index contributed by atoms with van der Waals surface area (Å²) in [6.07, 6.45) is -0.548. The van der Waals surface area contributed by atoms with Crippen molar-refractivity contribution in [1.82, 2.24) is 5.32 Å². The molecule has 0 saturated heterocycles. The molecule has 0 unspecified atom stereocenters. The number of rotatable bonds is 6. The van der Waals surface area contributed by atoms with Crippen LogP contribution in [0.3, 0.4) is 0 Å². The first-order valence-corrected chi connectivity index (χ1v) is 8.57. The highest BCUT2D eigenvalue weighted by Crippen LogP contribution is 2.19. The third kappa shape index (κ3) is 6.97. The Bertz CT molecular complexity index is 708. The van der Waals surface area contributed by atoms with Crippen molar-refractivity contribution in [2.75, 3.05) is 0 Å². The summed E-state index contributed by atoms with van der Waals surface area (Å²) in [5.41, 5.74) is 1.13. The Morgan fingerprint density at radius 2 is 1.54 bits per heavy atom. The molecule has 0 bridgehead atoms. The summed E-state index contributed by atoms with van der Waals surface area (Å²) in [5.74, 6) is -0.380. The Balaban J connectivity index is 1.99. The molecule has 1 atom stereocenters. The standard InChI is InChI=1S/C21H25NO4/c1-21(2,3)26-19(23)14-18(17-12-8-5-9-13-17)22-20(24)25-15-16-10-6-4-7-11-16/h4-13,18H,14-15H2,1-3H3,(H,22,24)/t18-/m1/s1. The Labute approximate surface area is 154 Å². The number of carbonyl (C=O) groups is 2. The van der Waals surface area contributed by atoms with Gasteiger partial charge in [0.15, 0.2) is 0 Å². The van der Waals surface area contributed by atoms with Crippen LogP contribution in [0.25, 0.3) is 0 Å². The van der Waals surface area contributed by atoms with E-state index in [1.807, 2.05) is 81.4 Å². The van der Waals surface area contributed by atoms with E-state index in [2.05, 4.69) is 5.32 Å². The van der Waals surface area contributed by atoms with E-state index in [9.17, 15) is 9.59 Å². The molecular weight excluding hydrogens is 330 g/mol. The van der Waals surface area contributed by atoms with Crippen molar-refractivity contribution in [2.45, 2.75) is 45.4 Å². The van der Waals surface area contributed by atoms with Gasteiger partial charge in [0.05, 0.1) is 12.5 Å². The minimum atomic E-state index is -0.578. The Hall–Kier alpha value is -2.82. The number of hydrogen-bond donors (Lipinski definition) is 1. The molecule has 0 aliphatic heterocycles. The number of nitrogens with one attached hydrogen (secondary N) is 1. The lowest BCUT2D eigenvalue weighted by Crippen LogP contribution is -2.33. The van der Waals surface area contributed by atoms with E-state index in [1.54, 1.807) is 0 Å². The van der Waals surface area contributed by atoms with E-state index in [4.69, 9.17) is 9.47 Å². The first-order chi connectivity index (χ1) is 12.3. The fourth-order valence-electron chi connectivity index (χ4n) is 2.39. The van der Waals surface area contributed by atoms with E-state index in [1.165, 1.54) is 0 Å². The lowest BCUT2D eigenvalue weighted by atomic mass is 10.0. The maximum absolute atomic E-state index is 12.2. The molecule has 0 spiro atoms. The molecule has 2 aromatic rings. The zero-order valence-corrected chi connectivity index (χ0v) is 15.4. The van der Waals surface area contributed by atoms with Gasteiger partial charge in [-0.1, -0.05) is 60.7 Å². The Kier molecular flexibility index (Phi) is 6.78. The van der Waals surface area contributed by atoms with Crippen LogP contribution in [0.2, 0.25) is 0 Å². The third-order valence-electron chi connectivity index (χ3n) is 3.50. The SMILES string of the molecule is CC(C)(C)OC(=O)C[C@@H](NC(=O)OCc1ccccc1)c1ccccc1. The summed E-state index contributed by atoms with van der Waals surface area (Å²) < 4.78 is 10.6. The largest absolute Gasteiger partial charge is 0.460 e. The smallest absolute Gasteiger partial charge is 0.407 e. The number of amides is 1. The molecule has 1 N–H and O–H groups in total. The number of carbonyl (C=O) groups excluding carboxylic acids is 2. The first-order valence-electron chi connectivity index (χ1n) is 8.57. The molecule has 2 aromatic carbocycles. The number of hydrogen-bond acceptors (Lipinski definition) is 4. The third-order valence-corrected chi connectivity index (χ3v) is 3.50. The number of ether oxygens (including phenoxy) is 2. The van der Waals surface area contributed by atoms with Crippen molar-refractivity contribution < 1.29 is 19.1 Å². The van der Waals surface area contributed by atoms with Crippen molar-refractivity contribution >= 4 is 12.1 Å². The van der Waals surface area contributed by atoms with Crippen LogP contribution in [0, 0.1) is 0 Å². The van der Waals surface area contributed by atoms with Crippen molar-refractivity contribution in [3.05, 3.63) is 71.8 Å². The Morgan fingerprint density at radius 1 is 0.962 bits per heavy atom. The molecule has 1 amide bonds. The van der Waals surface area contributed by atoms with Crippen LogP contribution in [0.1, 0.15) is 44.4 Å². The molecule has 26 heavy (non-hydrogen) atoms. The lowest BCUT2D eigenvalue weighted by Gasteiger charge is -2.23. The molecule has 0 saturated carbocycles. The molecule has 138 valence electrons. The molecule has 5 nitrogen and oxygen atoms in total. The Morgan fingerprint density at radius 3 is 2.12 bits per heavy atom. The van der Waals surface area contributed by atoms with E-state index >= 15 is 0 Å². The van der Waals surface area contributed by atoms with Crippen LogP contribution in [-0.4, -0.2) is 17.7 Å². The highest BCUT2D eigenvalue weighted by molar-refractivity contribution is 5.73. The average Bonchev–Trinajstić information content (AvgIpc) is 2.59. The van der Waals surface area contributed by atoms with Gasteiger partial charge in [-0.2, -0.15) is 0 Å². The molecule has 5 heteroatoms. The second kappa shape index (κ2) is 9.04. The van der Waals surface area contributed by atoms with E-state index in [-0.39, 0.29) is 19.0 Å². The highest BCUT2D eigenvalue weighted by atomic mass is 16.6. The summed E-state index contributed by atoms with van der Waals surface area (Å²) >= 11 is 0.